The molecule has 0 amide bonds. The van der Waals surface area contributed by atoms with E-state index in [2.05, 4.69) is 120 Å². The maximum atomic E-state index is 9.99. The number of anilines is 3. The summed E-state index contributed by atoms with van der Waals surface area (Å²) >= 11 is 0. The lowest BCUT2D eigenvalue weighted by atomic mass is 9.76. The molecule has 10 rings (SSSR count). The number of nitriles is 1. The molecule has 9 nitrogen and oxygen atoms in total. The van der Waals surface area contributed by atoms with E-state index in [0.717, 1.165) is 121 Å². The summed E-state index contributed by atoms with van der Waals surface area (Å²) in [6.45, 7) is 13.9. The van der Waals surface area contributed by atoms with Gasteiger partial charge in [-0.3, -0.25) is 0 Å². The molecule has 0 radical (unpaired) electrons. The number of fused-ring (bicyclic) bond motifs is 8. The van der Waals surface area contributed by atoms with Crippen molar-refractivity contribution in [1.82, 2.24) is 0 Å². The van der Waals surface area contributed by atoms with E-state index in [1.165, 1.54) is 22.5 Å². The van der Waals surface area contributed by atoms with E-state index in [1.54, 1.807) is 7.11 Å². The largest absolute Gasteiger partial charge is 0.495 e. The van der Waals surface area contributed by atoms with Crippen LogP contribution in [0.3, 0.4) is 0 Å². The highest BCUT2D eigenvalue weighted by atomic mass is 16.5. The molecule has 3 saturated heterocycles. The minimum atomic E-state index is -0.930. The fourth-order valence-electron chi connectivity index (χ4n) is 9.74. The minimum absolute atomic E-state index is 0.401. The van der Waals surface area contributed by atoms with Gasteiger partial charge in [-0.05, 0) is 82.2 Å². The zero-order valence-electron chi connectivity index (χ0n) is 33.0. The lowest BCUT2D eigenvalue weighted by Gasteiger charge is -2.39. The molecule has 4 heterocycles. The summed E-state index contributed by atoms with van der Waals surface area (Å²) in [5, 5.41) is 12.1. The van der Waals surface area contributed by atoms with E-state index in [0.29, 0.717) is 18.8 Å². The van der Waals surface area contributed by atoms with Gasteiger partial charge in [0, 0.05) is 78.1 Å². The number of ether oxygens (including phenoxy) is 5. The van der Waals surface area contributed by atoms with Crippen LogP contribution in [0.5, 0.6) is 11.5 Å². The van der Waals surface area contributed by atoms with Crippen molar-refractivity contribution in [2.24, 2.45) is 0 Å². The molecule has 9 heteroatoms. The van der Waals surface area contributed by atoms with Gasteiger partial charge in [0.25, 0.3) is 0 Å². The van der Waals surface area contributed by atoms with Gasteiger partial charge < -0.3 is 38.4 Å². The molecule has 0 saturated carbocycles. The summed E-state index contributed by atoms with van der Waals surface area (Å²) in [6.07, 6.45) is 4.55. The van der Waals surface area contributed by atoms with Crippen molar-refractivity contribution in [3.05, 3.63) is 118 Å². The van der Waals surface area contributed by atoms with Gasteiger partial charge in [-0.2, -0.15) is 5.26 Å². The minimum Gasteiger partial charge on any atom is -0.495 e. The second kappa shape index (κ2) is 14.1. The van der Waals surface area contributed by atoms with Gasteiger partial charge in [-0.25, -0.2) is 0 Å². The number of hydrogen-bond acceptors (Lipinski definition) is 9. The van der Waals surface area contributed by atoms with Crippen molar-refractivity contribution in [3.63, 3.8) is 0 Å². The number of hydrogen-bond donors (Lipinski definition) is 0. The van der Waals surface area contributed by atoms with Gasteiger partial charge >= 0.3 is 0 Å². The number of rotatable bonds is 6. The third-order valence-electron chi connectivity index (χ3n) is 12.8. The monoisotopic (exact) mass is 760 g/mol. The smallest absolute Gasteiger partial charge is 0.178 e. The molecule has 290 valence electrons. The standard InChI is InChI=1S/C48H48N4O5/c1-47(2)41-28-32(31-49)4-13-37(41)44-39-29-42(52-20-26-56-27-21-52)43(53-3)30-40(39)46-38(45(44)47)14-15-48(57-46,33-5-9-35(10-6-33)50-16-22-54-23-17-50)34-7-11-36(12-8-34)51-18-24-55-25-19-51/h4-15,28-30H,16-27H2,1-3H3. The van der Waals surface area contributed by atoms with Crippen molar-refractivity contribution < 1.29 is 23.7 Å². The Morgan fingerprint density at radius 3 is 1.77 bits per heavy atom. The lowest BCUT2D eigenvalue weighted by Crippen LogP contribution is -2.37. The molecule has 0 aromatic heterocycles. The van der Waals surface area contributed by atoms with Crippen LogP contribution >= 0.6 is 0 Å². The Morgan fingerprint density at radius 1 is 0.667 bits per heavy atom. The first kappa shape index (κ1) is 35.9. The van der Waals surface area contributed by atoms with E-state index in [-0.39, 0.29) is 0 Å². The van der Waals surface area contributed by atoms with Crippen molar-refractivity contribution in [2.75, 3.05) is 101 Å². The third-order valence-corrected chi connectivity index (χ3v) is 12.8. The summed E-state index contributed by atoms with van der Waals surface area (Å²) in [5.41, 5.74) is 10.6. The number of nitrogens with zero attached hydrogens (tertiary/aromatic N) is 4. The Labute approximate surface area is 334 Å². The molecule has 1 aliphatic carbocycles. The first-order chi connectivity index (χ1) is 27.9. The predicted molar refractivity (Wildman–Crippen MR) is 225 cm³/mol. The summed E-state index contributed by atoms with van der Waals surface area (Å²) < 4.78 is 31.0. The van der Waals surface area contributed by atoms with E-state index in [4.69, 9.17) is 23.7 Å². The van der Waals surface area contributed by atoms with Gasteiger partial charge in [0.1, 0.15) is 11.5 Å². The van der Waals surface area contributed by atoms with Gasteiger partial charge in [-0.1, -0.05) is 50.3 Å². The van der Waals surface area contributed by atoms with Crippen LogP contribution in [0.4, 0.5) is 17.1 Å². The highest BCUT2D eigenvalue weighted by molar-refractivity contribution is 6.10. The Morgan fingerprint density at radius 2 is 1.23 bits per heavy atom. The highest BCUT2D eigenvalue weighted by Gasteiger charge is 2.45. The molecule has 4 aliphatic heterocycles. The second-order valence-electron chi connectivity index (χ2n) is 16.1. The molecular weight excluding hydrogens is 713 g/mol. The maximum absolute atomic E-state index is 9.99. The fourth-order valence-corrected chi connectivity index (χ4v) is 9.74. The molecule has 0 unspecified atom stereocenters. The summed E-state index contributed by atoms with van der Waals surface area (Å²) in [6, 6.07) is 30.8. The highest BCUT2D eigenvalue weighted by Crippen LogP contribution is 2.59. The lowest BCUT2D eigenvalue weighted by molar-refractivity contribution is 0.122. The first-order valence-electron chi connectivity index (χ1n) is 20.2. The summed E-state index contributed by atoms with van der Waals surface area (Å²) in [7, 11) is 1.75. The van der Waals surface area contributed by atoms with Crippen LogP contribution in [0.2, 0.25) is 0 Å². The summed E-state index contributed by atoms with van der Waals surface area (Å²) in [5.74, 6) is 1.63. The quantitative estimate of drug-likeness (QED) is 0.172. The number of morpholine rings is 3. The van der Waals surface area contributed by atoms with Crippen molar-refractivity contribution in [1.29, 1.82) is 5.26 Å². The molecule has 0 spiro atoms. The molecule has 0 atom stereocenters. The third kappa shape index (κ3) is 5.84. The Bertz CT molecular complexity index is 2350. The fraction of sp³-hybridized carbons (Fsp3) is 0.354. The molecule has 5 aromatic carbocycles. The van der Waals surface area contributed by atoms with Crippen LogP contribution in [0.1, 0.15) is 47.2 Å². The zero-order chi connectivity index (χ0) is 38.7. The first-order valence-corrected chi connectivity index (χ1v) is 20.2. The van der Waals surface area contributed by atoms with Crippen molar-refractivity contribution in [3.8, 4) is 28.7 Å². The Hall–Kier alpha value is -5.53. The topological polar surface area (TPSA) is 79.7 Å². The normalized spacial score (nSPS) is 19.4. The molecule has 0 N–H and O–H groups in total. The van der Waals surface area contributed by atoms with Gasteiger partial charge in [-0.15, -0.1) is 0 Å². The summed E-state index contributed by atoms with van der Waals surface area (Å²) in [4.78, 5) is 7.14. The molecule has 5 aromatic rings. The van der Waals surface area contributed by atoms with E-state index < -0.39 is 11.0 Å². The van der Waals surface area contributed by atoms with E-state index >= 15 is 0 Å². The van der Waals surface area contributed by atoms with Crippen LogP contribution in [-0.4, -0.2) is 86.0 Å². The van der Waals surface area contributed by atoms with Gasteiger partial charge in [0.15, 0.2) is 5.60 Å². The molecule has 5 aliphatic rings. The Balaban J connectivity index is 1.19. The predicted octanol–water partition coefficient (Wildman–Crippen LogP) is 7.89. The number of benzene rings is 5. The molecular formula is C48H48N4O5. The van der Waals surface area contributed by atoms with Crippen LogP contribution in [0.15, 0.2) is 84.9 Å². The van der Waals surface area contributed by atoms with Crippen LogP contribution < -0.4 is 24.2 Å². The van der Waals surface area contributed by atoms with Crippen LogP contribution in [0.25, 0.3) is 28.0 Å². The molecule has 57 heavy (non-hydrogen) atoms. The van der Waals surface area contributed by atoms with Gasteiger partial charge in [0.2, 0.25) is 0 Å². The maximum Gasteiger partial charge on any atom is 0.178 e. The van der Waals surface area contributed by atoms with E-state index in [1.807, 2.05) is 6.07 Å². The average Bonchev–Trinajstić information content (AvgIpc) is 3.52. The van der Waals surface area contributed by atoms with E-state index in [9.17, 15) is 5.26 Å². The SMILES string of the molecule is COc1cc2c3c(c4c(c2cc1N1CCOCC1)-c1ccc(C#N)cc1C4(C)C)C=CC(c1ccc(N2CCOCC2)cc1)(c1ccc(N2CCOCC2)cc1)O3. The van der Waals surface area contributed by atoms with Crippen LogP contribution in [-0.2, 0) is 25.2 Å². The van der Waals surface area contributed by atoms with Crippen LogP contribution in [0, 0.1) is 11.3 Å². The molecule has 0 bridgehead atoms. The van der Waals surface area contributed by atoms with Gasteiger partial charge in [0.05, 0.1) is 64.1 Å². The van der Waals surface area contributed by atoms with Crippen molar-refractivity contribution in [2.45, 2.75) is 24.9 Å². The zero-order valence-corrected chi connectivity index (χ0v) is 33.0. The number of methoxy groups -OCH3 is 1. The Kier molecular flexibility index (Phi) is 8.89. The average molecular weight is 761 g/mol. The van der Waals surface area contributed by atoms with Crippen molar-refractivity contribution >= 4 is 33.9 Å². The second-order valence-corrected chi connectivity index (χ2v) is 16.1. The molecule has 3 fully saturated rings.